The maximum Gasteiger partial charge on any atom is 0.420 e. The highest BCUT2D eigenvalue weighted by Gasteiger charge is 2.32. The third-order valence-corrected chi connectivity index (χ3v) is 1.59. The summed E-state index contributed by atoms with van der Waals surface area (Å²) in [5.74, 6) is -2.22. The van der Waals surface area contributed by atoms with Crippen LogP contribution in [0.2, 0.25) is 0 Å². The molecular formula is C8H5F2O3+. The van der Waals surface area contributed by atoms with Crippen molar-refractivity contribution in [2.75, 3.05) is 0 Å². The lowest BCUT2D eigenvalue weighted by atomic mass is 9.94. The number of ketones is 1. The molecule has 0 aromatic rings. The molecule has 0 atom stereocenters. The molecule has 0 aromatic carbocycles. The van der Waals surface area contributed by atoms with Gasteiger partial charge in [-0.2, -0.15) is 13.6 Å². The minimum atomic E-state index is -2.05. The van der Waals surface area contributed by atoms with Crippen LogP contribution >= 0.6 is 0 Å². The van der Waals surface area contributed by atoms with Gasteiger partial charge >= 0.3 is 12.0 Å². The second kappa shape index (κ2) is 3.38. The first-order valence-electron chi connectivity index (χ1n) is 3.39. The number of carboxylic acid groups (broad SMARTS) is 1. The van der Waals surface area contributed by atoms with E-state index in [2.05, 4.69) is 0 Å². The minimum absolute atomic E-state index is 0.241. The van der Waals surface area contributed by atoms with Crippen molar-refractivity contribution in [3.05, 3.63) is 29.7 Å². The van der Waals surface area contributed by atoms with Gasteiger partial charge in [0.05, 0.1) is 12.8 Å². The molecule has 5 heteroatoms. The van der Waals surface area contributed by atoms with E-state index in [-0.39, 0.29) is 12.0 Å². The van der Waals surface area contributed by atoms with Crippen LogP contribution in [0.15, 0.2) is 23.3 Å². The van der Waals surface area contributed by atoms with Gasteiger partial charge in [0.1, 0.15) is 5.57 Å². The quantitative estimate of drug-likeness (QED) is 0.497. The first kappa shape index (κ1) is 9.44. The van der Waals surface area contributed by atoms with Gasteiger partial charge in [0, 0.05) is 6.08 Å². The molecule has 0 bridgehead atoms. The van der Waals surface area contributed by atoms with Crippen molar-refractivity contribution in [1.82, 2.24) is 0 Å². The van der Waals surface area contributed by atoms with Crippen molar-refractivity contribution in [2.24, 2.45) is 0 Å². The molecule has 1 aliphatic carbocycles. The lowest BCUT2D eigenvalue weighted by Crippen LogP contribution is -2.15. The monoisotopic (exact) mass is 187 g/mol. The number of halogens is 2. The third kappa shape index (κ3) is 1.93. The van der Waals surface area contributed by atoms with Crippen LogP contribution in [-0.2, 0) is 9.59 Å². The Morgan fingerprint density at radius 3 is 2.54 bits per heavy atom. The Morgan fingerprint density at radius 2 is 2.15 bits per heavy atom. The smallest absolute Gasteiger partial charge is 0.420 e. The topological polar surface area (TPSA) is 54.4 Å². The van der Waals surface area contributed by atoms with Gasteiger partial charge in [0.25, 0.3) is 5.78 Å². The van der Waals surface area contributed by atoms with Gasteiger partial charge < -0.3 is 5.11 Å². The number of rotatable bonds is 1. The molecule has 3 nitrogen and oxygen atoms in total. The molecule has 0 saturated carbocycles. The fourth-order valence-electron chi connectivity index (χ4n) is 0.919. The number of Topliss-reactive ketones (excluding diaryl/α,β-unsaturated/α-hetero) is 1. The number of hydrogen-bond donors (Lipinski definition) is 1. The summed E-state index contributed by atoms with van der Waals surface area (Å²) in [7, 11) is 0. The van der Waals surface area contributed by atoms with E-state index in [1.54, 1.807) is 0 Å². The zero-order valence-corrected chi connectivity index (χ0v) is 6.38. The zero-order chi connectivity index (χ0) is 10.0. The molecule has 0 heterocycles. The Morgan fingerprint density at radius 1 is 1.54 bits per heavy atom. The van der Waals surface area contributed by atoms with Crippen LogP contribution in [0.3, 0.4) is 0 Å². The molecule has 0 aliphatic heterocycles. The van der Waals surface area contributed by atoms with Crippen molar-refractivity contribution in [3.63, 3.8) is 0 Å². The number of allylic oxidation sites excluding steroid dienone is 2. The number of aliphatic carboxylic acids is 1. The van der Waals surface area contributed by atoms with Crippen LogP contribution in [0.25, 0.3) is 0 Å². The first-order chi connectivity index (χ1) is 6.02. The SMILES string of the molecule is O=C(O)C1=CCC(=C(F)F)C(=O)[CH+]1. The van der Waals surface area contributed by atoms with Gasteiger partial charge in [-0.1, -0.05) is 0 Å². The molecule has 0 saturated heterocycles. The van der Waals surface area contributed by atoms with E-state index < -0.39 is 23.4 Å². The summed E-state index contributed by atoms with van der Waals surface area (Å²) in [6.07, 6.45) is -0.598. The maximum atomic E-state index is 12.0. The minimum Gasteiger partial charge on any atom is -0.433 e. The molecule has 13 heavy (non-hydrogen) atoms. The molecule has 0 unspecified atom stereocenters. The average Bonchev–Trinajstić information content (AvgIpc) is 2.03. The Bertz CT molecular complexity index is 324. The largest absolute Gasteiger partial charge is 0.433 e. The third-order valence-electron chi connectivity index (χ3n) is 1.59. The fraction of sp³-hybridized carbons (Fsp3) is 0.125. The molecule has 1 N–H and O–H groups in total. The van der Waals surface area contributed by atoms with Crippen LogP contribution < -0.4 is 0 Å². The lowest BCUT2D eigenvalue weighted by molar-refractivity contribution is -0.133. The van der Waals surface area contributed by atoms with Crippen molar-refractivity contribution in [2.45, 2.75) is 6.42 Å². The zero-order valence-electron chi connectivity index (χ0n) is 6.38. The Hall–Kier alpha value is -1.65. The van der Waals surface area contributed by atoms with E-state index in [1.807, 2.05) is 0 Å². The average molecular weight is 187 g/mol. The second-order valence-electron chi connectivity index (χ2n) is 2.42. The van der Waals surface area contributed by atoms with Crippen LogP contribution in [0.5, 0.6) is 0 Å². The van der Waals surface area contributed by atoms with E-state index in [9.17, 15) is 18.4 Å². The molecule has 68 valence electrons. The number of carbonyl (C=O) groups excluding carboxylic acids is 1. The summed E-state index contributed by atoms with van der Waals surface area (Å²) >= 11 is 0. The fourth-order valence-corrected chi connectivity index (χ4v) is 0.919. The highest BCUT2D eigenvalue weighted by atomic mass is 19.3. The summed E-state index contributed by atoms with van der Waals surface area (Å²) in [6, 6.07) is 0. The molecule has 0 radical (unpaired) electrons. The van der Waals surface area contributed by atoms with E-state index in [1.165, 1.54) is 0 Å². The van der Waals surface area contributed by atoms with Crippen molar-refractivity contribution in [3.8, 4) is 0 Å². The van der Waals surface area contributed by atoms with Gasteiger partial charge in [-0.25, -0.2) is 0 Å². The summed E-state index contributed by atoms with van der Waals surface area (Å²) < 4.78 is 23.9. The van der Waals surface area contributed by atoms with Crippen LogP contribution in [0.4, 0.5) is 8.78 Å². The van der Waals surface area contributed by atoms with Gasteiger partial charge in [-0.3, -0.25) is 4.79 Å². The van der Waals surface area contributed by atoms with Gasteiger partial charge in [-0.05, 0) is 0 Å². The highest BCUT2D eigenvalue weighted by Crippen LogP contribution is 2.23. The molecule has 0 spiro atoms. The summed E-state index contributed by atoms with van der Waals surface area (Å²) in [4.78, 5) is 21.2. The number of carboxylic acids is 1. The van der Waals surface area contributed by atoms with Crippen LogP contribution in [-0.4, -0.2) is 16.9 Å². The van der Waals surface area contributed by atoms with Gasteiger partial charge in [-0.15, -0.1) is 0 Å². The van der Waals surface area contributed by atoms with E-state index in [0.29, 0.717) is 6.42 Å². The predicted octanol–water partition coefficient (Wildman–Crippen LogP) is 1.33. The molecule has 1 rings (SSSR count). The molecule has 1 aliphatic rings. The maximum absolute atomic E-state index is 12.0. The lowest BCUT2D eigenvalue weighted by Gasteiger charge is -2.01. The summed E-state index contributed by atoms with van der Waals surface area (Å²) in [5, 5.41) is 8.43. The van der Waals surface area contributed by atoms with Gasteiger partial charge in [0.2, 0.25) is 0 Å². The first-order valence-corrected chi connectivity index (χ1v) is 3.39. The van der Waals surface area contributed by atoms with Crippen molar-refractivity contribution < 1.29 is 23.5 Å². The normalized spacial score (nSPS) is 16.3. The van der Waals surface area contributed by atoms with Crippen LogP contribution in [0.1, 0.15) is 6.42 Å². The molecular weight excluding hydrogens is 182 g/mol. The Balaban J connectivity index is 2.94. The van der Waals surface area contributed by atoms with Gasteiger partial charge in [0.15, 0.2) is 5.57 Å². The van der Waals surface area contributed by atoms with Crippen LogP contribution in [0, 0.1) is 6.42 Å². The predicted molar refractivity (Wildman–Crippen MR) is 38.9 cm³/mol. The Labute approximate surface area is 72.4 Å². The molecule has 0 aromatic heterocycles. The number of carbonyl (C=O) groups is 2. The summed E-state index contributed by atoms with van der Waals surface area (Å²) in [5.41, 5.74) is -0.875. The van der Waals surface area contributed by atoms with E-state index in [4.69, 9.17) is 5.11 Å². The van der Waals surface area contributed by atoms with Crippen molar-refractivity contribution >= 4 is 11.8 Å². The Kier molecular flexibility index (Phi) is 2.46. The highest BCUT2D eigenvalue weighted by molar-refractivity contribution is 6.11. The van der Waals surface area contributed by atoms with Crippen molar-refractivity contribution in [1.29, 1.82) is 0 Å². The van der Waals surface area contributed by atoms with E-state index in [0.717, 1.165) is 6.08 Å². The number of hydrogen-bond acceptors (Lipinski definition) is 2. The molecule has 0 fully saturated rings. The molecule has 0 amide bonds. The standard InChI is InChI=1S/C8H4F2O3/c9-7(10)5-2-1-4(8(12)13)3-6(5)11/h1,3H,2H2/p+1. The summed E-state index contributed by atoms with van der Waals surface area (Å²) in [6.45, 7) is 0. The second-order valence-corrected chi connectivity index (χ2v) is 2.42. The van der Waals surface area contributed by atoms with E-state index >= 15 is 0 Å².